The van der Waals surface area contributed by atoms with Gasteiger partial charge in [-0.1, -0.05) is 46.8 Å². The molecule has 3 heteroatoms. The first-order valence-corrected chi connectivity index (χ1v) is 7.65. The van der Waals surface area contributed by atoms with E-state index in [1.54, 1.807) is 0 Å². The van der Waals surface area contributed by atoms with E-state index in [1.807, 2.05) is 19.1 Å². The summed E-state index contributed by atoms with van der Waals surface area (Å²) in [6.07, 6.45) is 0.307. The third kappa shape index (κ3) is 5.78. The quantitative estimate of drug-likeness (QED) is 0.740. The first kappa shape index (κ1) is 17.5. The van der Waals surface area contributed by atoms with Crippen LogP contribution in [-0.4, -0.2) is 19.2 Å². The molecule has 0 aliphatic rings. The van der Waals surface area contributed by atoms with Crippen molar-refractivity contribution in [2.45, 2.75) is 53.4 Å². The van der Waals surface area contributed by atoms with Gasteiger partial charge in [0.2, 0.25) is 0 Å². The highest BCUT2D eigenvalue weighted by Gasteiger charge is 2.20. The van der Waals surface area contributed by atoms with Gasteiger partial charge in [0.1, 0.15) is 5.75 Å². The molecule has 0 saturated heterocycles. The number of esters is 1. The Morgan fingerprint density at radius 3 is 2.43 bits per heavy atom. The summed E-state index contributed by atoms with van der Waals surface area (Å²) >= 11 is 0. The van der Waals surface area contributed by atoms with Crippen LogP contribution < -0.4 is 4.74 Å². The van der Waals surface area contributed by atoms with Gasteiger partial charge in [-0.25, -0.2) is 0 Å². The summed E-state index contributed by atoms with van der Waals surface area (Å²) in [5.41, 5.74) is 2.07. The van der Waals surface area contributed by atoms with Crippen molar-refractivity contribution in [2.75, 3.05) is 13.2 Å². The lowest BCUT2D eigenvalue weighted by Gasteiger charge is -2.24. The zero-order chi connectivity index (χ0) is 16.0. The van der Waals surface area contributed by atoms with Crippen molar-refractivity contribution in [3.8, 4) is 5.75 Å². The monoisotopic (exact) mass is 292 g/mol. The second kappa shape index (κ2) is 7.48. The maximum absolute atomic E-state index is 11.6. The molecule has 0 N–H and O–H groups in total. The van der Waals surface area contributed by atoms with Crippen LogP contribution in [0.3, 0.4) is 0 Å². The lowest BCUT2D eigenvalue weighted by Crippen LogP contribution is -2.16. The van der Waals surface area contributed by atoms with Gasteiger partial charge in [0.15, 0.2) is 0 Å². The van der Waals surface area contributed by atoms with Crippen LogP contribution in [0.2, 0.25) is 0 Å². The van der Waals surface area contributed by atoms with Gasteiger partial charge in [-0.2, -0.15) is 0 Å². The average Bonchev–Trinajstić information content (AvgIpc) is 2.36. The summed E-state index contributed by atoms with van der Waals surface area (Å²) in [6, 6.07) is 5.98. The minimum atomic E-state index is -0.187. The fourth-order valence-electron chi connectivity index (χ4n) is 2.03. The van der Waals surface area contributed by atoms with Crippen LogP contribution in [0.25, 0.3) is 0 Å². The van der Waals surface area contributed by atoms with Gasteiger partial charge in [0.25, 0.3) is 0 Å². The van der Waals surface area contributed by atoms with Crippen molar-refractivity contribution < 1.29 is 14.3 Å². The van der Waals surface area contributed by atoms with E-state index in [4.69, 9.17) is 9.47 Å². The molecule has 0 atom stereocenters. The molecule has 0 fully saturated rings. The summed E-state index contributed by atoms with van der Waals surface area (Å²) in [6.45, 7) is 13.6. The molecule has 3 nitrogen and oxygen atoms in total. The lowest BCUT2D eigenvalue weighted by atomic mass is 9.85. The summed E-state index contributed by atoms with van der Waals surface area (Å²) in [7, 11) is 0. The van der Waals surface area contributed by atoms with Crippen LogP contribution in [0.5, 0.6) is 5.75 Å². The van der Waals surface area contributed by atoms with Gasteiger partial charge in [-0.15, -0.1) is 0 Å². The van der Waals surface area contributed by atoms with Crippen molar-refractivity contribution in [1.29, 1.82) is 0 Å². The standard InChI is InChI=1S/C18H28O3/c1-7-20-17(19)11-14-8-9-16(21-12-13(2)3)15(10-14)18(4,5)6/h8-10,13H,7,11-12H2,1-6H3. The van der Waals surface area contributed by atoms with E-state index in [0.29, 0.717) is 25.6 Å². The SMILES string of the molecule is CCOC(=O)Cc1ccc(OCC(C)C)c(C(C)(C)C)c1. The maximum Gasteiger partial charge on any atom is 0.310 e. The number of rotatable bonds is 6. The maximum atomic E-state index is 11.6. The third-order valence-electron chi connectivity index (χ3n) is 3.08. The van der Waals surface area contributed by atoms with Crippen molar-refractivity contribution in [3.63, 3.8) is 0 Å². The molecule has 1 aromatic rings. The topological polar surface area (TPSA) is 35.5 Å². The van der Waals surface area contributed by atoms with Crippen molar-refractivity contribution in [3.05, 3.63) is 29.3 Å². The first-order valence-electron chi connectivity index (χ1n) is 7.65. The van der Waals surface area contributed by atoms with Crippen LogP contribution in [0.1, 0.15) is 52.7 Å². The minimum Gasteiger partial charge on any atom is -0.493 e. The molecule has 0 aliphatic carbocycles. The second-order valence-electron chi connectivity index (χ2n) is 6.77. The molecule has 0 amide bonds. The van der Waals surface area contributed by atoms with Crippen LogP contribution in [0.15, 0.2) is 18.2 Å². The Labute approximate surface area is 128 Å². The fraction of sp³-hybridized carbons (Fsp3) is 0.611. The smallest absolute Gasteiger partial charge is 0.310 e. The predicted molar refractivity (Wildman–Crippen MR) is 85.8 cm³/mol. The molecule has 118 valence electrons. The van der Waals surface area contributed by atoms with Gasteiger partial charge >= 0.3 is 5.97 Å². The number of hydrogen-bond acceptors (Lipinski definition) is 3. The Morgan fingerprint density at radius 1 is 1.24 bits per heavy atom. The van der Waals surface area contributed by atoms with E-state index in [0.717, 1.165) is 16.9 Å². The molecule has 21 heavy (non-hydrogen) atoms. The van der Waals surface area contributed by atoms with Crippen LogP contribution in [0, 0.1) is 5.92 Å². The zero-order valence-electron chi connectivity index (χ0n) is 14.2. The fourth-order valence-corrected chi connectivity index (χ4v) is 2.03. The normalized spacial score (nSPS) is 11.6. The summed E-state index contributed by atoms with van der Waals surface area (Å²) in [5.74, 6) is 1.20. The van der Waals surface area contributed by atoms with Crippen LogP contribution >= 0.6 is 0 Å². The van der Waals surface area contributed by atoms with E-state index in [2.05, 4.69) is 40.7 Å². The Morgan fingerprint density at radius 2 is 1.90 bits per heavy atom. The van der Waals surface area contributed by atoms with Gasteiger partial charge in [-0.3, -0.25) is 4.79 Å². The van der Waals surface area contributed by atoms with E-state index < -0.39 is 0 Å². The van der Waals surface area contributed by atoms with Gasteiger partial charge in [0.05, 0.1) is 19.6 Å². The molecule has 0 aliphatic heterocycles. The number of benzene rings is 1. The third-order valence-corrected chi connectivity index (χ3v) is 3.08. The molecule has 0 aromatic heterocycles. The van der Waals surface area contributed by atoms with E-state index in [9.17, 15) is 4.79 Å². The van der Waals surface area contributed by atoms with Gasteiger partial charge in [0, 0.05) is 0 Å². The molecular formula is C18H28O3. The highest BCUT2D eigenvalue weighted by atomic mass is 16.5. The number of ether oxygens (including phenoxy) is 2. The molecule has 0 spiro atoms. The Balaban J connectivity index is 2.99. The number of carbonyl (C=O) groups is 1. The van der Waals surface area contributed by atoms with E-state index in [1.165, 1.54) is 0 Å². The molecule has 0 heterocycles. The highest BCUT2D eigenvalue weighted by Crippen LogP contribution is 2.32. The Bertz CT molecular complexity index is 470. The van der Waals surface area contributed by atoms with Gasteiger partial charge < -0.3 is 9.47 Å². The largest absolute Gasteiger partial charge is 0.493 e. The molecular weight excluding hydrogens is 264 g/mol. The van der Waals surface area contributed by atoms with Crippen molar-refractivity contribution in [1.82, 2.24) is 0 Å². The molecule has 0 unspecified atom stereocenters. The molecule has 0 saturated carbocycles. The minimum absolute atomic E-state index is 0.0308. The molecule has 0 bridgehead atoms. The van der Waals surface area contributed by atoms with E-state index in [-0.39, 0.29) is 11.4 Å². The van der Waals surface area contributed by atoms with Crippen molar-refractivity contribution in [2.24, 2.45) is 5.92 Å². The highest BCUT2D eigenvalue weighted by molar-refractivity contribution is 5.72. The Hall–Kier alpha value is -1.51. The summed E-state index contributed by atoms with van der Waals surface area (Å²) in [5, 5.41) is 0. The average molecular weight is 292 g/mol. The summed E-state index contributed by atoms with van der Waals surface area (Å²) < 4.78 is 10.9. The summed E-state index contributed by atoms with van der Waals surface area (Å²) in [4.78, 5) is 11.6. The van der Waals surface area contributed by atoms with Gasteiger partial charge in [-0.05, 0) is 35.4 Å². The van der Waals surface area contributed by atoms with Crippen LogP contribution in [-0.2, 0) is 21.4 Å². The Kier molecular flexibility index (Phi) is 6.25. The molecule has 0 radical (unpaired) electrons. The number of hydrogen-bond donors (Lipinski definition) is 0. The zero-order valence-corrected chi connectivity index (χ0v) is 14.2. The van der Waals surface area contributed by atoms with Crippen molar-refractivity contribution >= 4 is 5.97 Å². The number of carbonyl (C=O) groups excluding carboxylic acids is 1. The molecule has 1 rings (SSSR count). The lowest BCUT2D eigenvalue weighted by molar-refractivity contribution is -0.142. The van der Waals surface area contributed by atoms with E-state index >= 15 is 0 Å². The first-order chi connectivity index (χ1) is 9.74. The second-order valence-corrected chi connectivity index (χ2v) is 6.77. The predicted octanol–water partition coefficient (Wildman–Crippen LogP) is 4.12. The molecule has 1 aromatic carbocycles. The van der Waals surface area contributed by atoms with Crippen LogP contribution in [0.4, 0.5) is 0 Å².